The van der Waals surface area contributed by atoms with E-state index in [2.05, 4.69) is 10.3 Å². The van der Waals surface area contributed by atoms with Gasteiger partial charge in [0.2, 0.25) is 15.9 Å². The molecule has 1 aliphatic heterocycles. The number of benzene rings is 1. The van der Waals surface area contributed by atoms with Crippen molar-refractivity contribution in [3.63, 3.8) is 0 Å². The number of rotatable bonds is 6. The Labute approximate surface area is 201 Å². The second kappa shape index (κ2) is 11.4. The fourth-order valence-corrected chi connectivity index (χ4v) is 5.46. The molecule has 1 aromatic carbocycles. The fourth-order valence-electron chi connectivity index (χ4n) is 4.06. The standard InChI is InChI=1S/C23H35N5O5S/c1-17-8-5-6-9-22(17)34(31,32)26(4)14-21-18(2)12-28(19(3)15-29)23(30)10-7-11-27-13-20(16-33-21)24-25-27/h5-6,8-9,13,18-19,21,29H,7,10-12,14-16H2,1-4H3/t18-,19+,21-/m0/s1. The summed E-state index contributed by atoms with van der Waals surface area (Å²) in [6.45, 7) is 6.51. The number of hydrogen-bond acceptors (Lipinski definition) is 7. The summed E-state index contributed by atoms with van der Waals surface area (Å²) in [6, 6.07) is 6.51. The maximum atomic E-state index is 13.3. The molecule has 3 atom stereocenters. The quantitative estimate of drug-likeness (QED) is 0.647. The van der Waals surface area contributed by atoms with Gasteiger partial charge in [0.1, 0.15) is 5.69 Å². The molecular formula is C23H35N5O5S. The Morgan fingerprint density at radius 2 is 2.06 bits per heavy atom. The summed E-state index contributed by atoms with van der Waals surface area (Å²) in [7, 11) is -2.20. The number of ether oxygens (including phenoxy) is 1. The zero-order valence-electron chi connectivity index (χ0n) is 20.3. The molecule has 11 heteroatoms. The van der Waals surface area contributed by atoms with Crippen LogP contribution in [0.1, 0.15) is 37.9 Å². The van der Waals surface area contributed by atoms with Crippen molar-refractivity contribution in [2.45, 2.75) is 63.8 Å². The second-order valence-corrected chi connectivity index (χ2v) is 11.0. The van der Waals surface area contributed by atoms with Crippen molar-refractivity contribution in [3.05, 3.63) is 41.7 Å². The largest absolute Gasteiger partial charge is 0.394 e. The van der Waals surface area contributed by atoms with Crippen molar-refractivity contribution in [1.82, 2.24) is 24.2 Å². The minimum absolute atomic E-state index is 0.0624. The summed E-state index contributed by atoms with van der Waals surface area (Å²) in [6.07, 6.45) is 2.19. The van der Waals surface area contributed by atoms with E-state index in [1.807, 2.05) is 6.92 Å². The van der Waals surface area contributed by atoms with Gasteiger partial charge in [-0.25, -0.2) is 8.42 Å². The molecule has 1 aromatic heterocycles. The minimum atomic E-state index is -3.74. The third-order valence-corrected chi connectivity index (χ3v) is 8.25. The van der Waals surface area contributed by atoms with E-state index >= 15 is 0 Å². The van der Waals surface area contributed by atoms with Gasteiger partial charge in [-0.05, 0) is 31.9 Å². The number of carbonyl (C=O) groups excluding carboxylic acids is 1. The van der Waals surface area contributed by atoms with E-state index < -0.39 is 16.1 Å². The van der Waals surface area contributed by atoms with Crippen molar-refractivity contribution < 1.29 is 23.1 Å². The van der Waals surface area contributed by atoms with Gasteiger partial charge in [0.05, 0.1) is 36.5 Å². The van der Waals surface area contributed by atoms with E-state index in [-0.39, 0.29) is 42.5 Å². The molecule has 0 saturated carbocycles. The number of nitrogens with zero attached hydrogens (tertiary/aromatic N) is 5. The van der Waals surface area contributed by atoms with Gasteiger partial charge in [-0.15, -0.1) is 5.10 Å². The molecule has 1 N–H and O–H groups in total. The van der Waals surface area contributed by atoms with E-state index in [4.69, 9.17) is 4.74 Å². The Morgan fingerprint density at radius 3 is 2.76 bits per heavy atom. The topological polar surface area (TPSA) is 118 Å². The lowest BCUT2D eigenvalue weighted by Crippen LogP contribution is -2.47. The molecule has 0 radical (unpaired) electrons. The highest BCUT2D eigenvalue weighted by Crippen LogP contribution is 2.22. The summed E-state index contributed by atoms with van der Waals surface area (Å²) in [5, 5.41) is 17.9. The number of aliphatic hydroxyl groups is 1. The molecule has 0 spiro atoms. The lowest BCUT2D eigenvalue weighted by molar-refractivity contribution is -0.136. The van der Waals surface area contributed by atoms with Crippen LogP contribution in [0.3, 0.4) is 0 Å². The van der Waals surface area contributed by atoms with Gasteiger partial charge in [-0.2, -0.15) is 4.31 Å². The first-order valence-electron chi connectivity index (χ1n) is 11.6. The smallest absolute Gasteiger partial charge is 0.243 e. The van der Waals surface area contributed by atoms with Gasteiger partial charge in [-0.3, -0.25) is 9.48 Å². The number of aryl methyl sites for hydroxylation is 2. The minimum Gasteiger partial charge on any atom is -0.394 e. The van der Waals surface area contributed by atoms with Crippen LogP contribution < -0.4 is 0 Å². The van der Waals surface area contributed by atoms with Gasteiger partial charge in [0.15, 0.2) is 0 Å². The van der Waals surface area contributed by atoms with Crippen molar-refractivity contribution in [2.75, 3.05) is 26.7 Å². The summed E-state index contributed by atoms with van der Waals surface area (Å²) in [5.41, 5.74) is 1.32. The molecule has 10 nitrogen and oxygen atoms in total. The molecule has 1 aliphatic rings. The van der Waals surface area contributed by atoms with Crippen LogP contribution in [-0.4, -0.2) is 82.5 Å². The monoisotopic (exact) mass is 493 g/mol. The highest BCUT2D eigenvalue weighted by molar-refractivity contribution is 7.89. The van der Waals surface area contributed by atoms with Crippen LogP contribution in [0, 0.1) is 12.8 Å². The van der Waals surface area contributed by atoms with E-state index in [1.54, 1.807) is 53.9 Å². The normalized spacial score (nSPS) is 21.6. The number of amides is 1. The third-order valence-electron chi connectivity index (χ3n) is 6.26. The van der Waals surface area contributed by atoms with E-state index in [0.29, 0.717) is 37.2 Å². The highest BCUT2D eigenvalue weighted by atomic mass is 32.2. The molecule has 0 unspecified atom stereocenters. The van der Waals surface area contributed by atoms with Crippen molar-refractivity contribution in [3.8, 4) is 0 Å². The van der Waals surface area contributed by atoms with E-state index in [9.17, 15) is 18.3 Å². The zero-order chi connectivity index (χ0) is 24.9. The number of fused-ring (bicyclic) bond motifs is 2. The van der Waals surface area contributed by atoms with Crippen molar-refractivity contribution >= 4 is 15.9 Å². The van der Waals surface area contributed by atoms with Crippen LogP contribution in [0.4, 0.5) is 0 Å². The first kappa shape index (κ1) is 26.3. The predicted octanol–water partition coefficient (Wildman–Crippen LogP) is 1.43. The van der Waals surface area contributed by atoms with E-state index in [1.165, 1.54) is 11.4 Å². The zero-order valence-corrected chi connectivity index (χ0v) is 21.1. The Hall–Kier alpha value is -2.34. The van der Waals surface area contributed by atoms with Crippen LogP contribution in [0.5, 0.6) is 0 Å². The lowest BCUT2D eigenvalue weighted by atomic mass is 10.0. The van der Waals surface area contributed by atoms with Gasteiger partial charge < -0.3 is 14.7 Å². The molecule has 0 saturated heterocycles. The van der Waals surface area contributed by atoms with Gasteiger partial charge >= 0.3 is 0 Å². The molecule has 2 bridgehead atoms. The summed E-state index contributed by atoms with van der Waals surface area (Å²) >= 11 is 0. The fraction of sp³-hybridized carbons (Fsp3) is 0.609. The number of aromatic nitrogens is 3. The van der Waals surface area contributed by atoms with E-state index in [0.717, 1.165) is 0 Å². The Bertz CT molecular complexity index is 1070. The maximum absolute atomic E-state index is 13.3. The maximum Gasteiger partial charge on any atom is 0.243 e. The number of carbonyl (C=O) groups is 1. The summed E-state index contributed by atoms with van der Waals surface area (Å²) < 4.78 is 35.7. The highest BCUT2D eigenvalue weighted by Gasteiger charge is 2.31. The SMILES string of the molecule is Cc1ccccc1S(=O)(=O)N(C)C[C@@H]1OCc2cn(nn2)CCCC(=O)N([C@H](C)CO)C[C@@H]1C. The molecule has 2 heterocycles. The second-order valence-electron chi connectivity index (χ2n) is 9.03. The van der Waals surface area contributed by atoms with Crippen LogP contribution >= 0.6 is 0 Å². The molecule has 0 aliphatic carbocycles. The molecule has 1 amide bonds. The van der Waals surface area contributed by atoms with Gasteiger partial charge in [0, 0.05) is 39.0 Å². The van der Waals surface area contributed by atoms with Crippen LogP contribution in [0.2, 0.25) is 0 Å². The van der Waals surface area contributed by atoms with Crippen molar-refractivity contribution in [1.29, 1.82) is 0 Å². The average molecular weight is 494 g/mol. The van der Waals surface area contributed by atoms with Gasteiger partial charge in [0.25, 0.3) is 0 Å². The van der Waals surface area contributed by atoms with Crippen LogP contribution in [0.15, 0.2) is 35.4 Å². The lowest BCUT2D eigenvalue weighted by Gasteiger charge is -2.35. The first-order chi connectivity index (χ1) is 16.1. The number of hydrogen-bond donors (Lipinski definition) is 1. The number of aliphatic hydroxyl groups excluding tert-OH is 1. The average Bonchev–Trinajstić information content (AvgIpc) is 3.26. The van der Waals surface area contributed by atoms with Crippen LogP contribution in [0.25, 0.3) is 0 Å². The number of likely N-dealkylation sites (N-methyl/N-ethyl adjacent to an activating group) is 1. The molecule has 3 rings (SSSR count). The number of sulfonamides is 1. The molecule has 188 valence electrons. The summed E-state index contributed by atoms with van der Waals surface area (Å²) in [5.74, 6) is -0.268. The van der Waals surface area contributed by atoms with Gasteiger partial charge in [-0.1, -0.05) is 30.3 Å². The molecule has 2 aromatic rings. The Balaban J connectivity index is 1.87. The van der Waals surface area contributed by atoms with Crippen LogP contribution in [-0.2, 0) is 32.7 Å². The van der Waals surface area contributed by atoms with Crippen molar-refractivity contribution in [2.24, 2.45) is 5.92 Å². The first-order valence-corrected chi connectivity index (χ1v) is 13.0. The predicted molar refractivity (Wildman–Crippen MR) is 126 cm³/mol. The Morgan fingerprint density at radius 1 is 1.32 bits per heavy atom. The summed E-state index contributed by atoms with van der Waals surface area (Å²) in [4.78, 5) is 14.9. The molecular weight excluding hydrogens is 458 g/mol. The third kappa shape index (κ3) is 6.21. The molecule has 0 fully saturated rings. The Kier molecular flexibility index (Phi) is 8.80. The molecule has 34 heavy (non-hydrogen) atoms.